The lowest BCUT2D eigenvalue weighted by atomic mass is 9.95. The fraction of sp³-hybridized carbons (Fsp3) is 0.238. The summed E-state index contributed by atoms with van der Waals surface area (Å²) in [5.41, 5.74) is 2.75. The number of hydrogen-bond acceptors (Lipinski definition) is 3. The van der Waals surface area contributed by atoms with Crippen LogP contribution >= 0.6 is 28.1 Å². The van der Waals surface area contributed by atoms with Gasteiger partial charge in [0.25, 0.3) is 5.91 Å². The van der Waals surface area contributed by atoms with Gasteiger partial charge >= 0.3 is 0 Å². The third-order valence-electron chi connectivity index (χ3n) is 4.39. The Kier molecular flexibility index (Phi) is 6.29. The van der Waals surface area contributed by atoms with Gasteiger partial charge in [0.05, 0.1) is 0 Å². The van der Waals surface area contributed by atoms with Gasteiger partial charge in [0.1, 0.15) is 5.58 Å². The van der Waals surface area contributed by atoms with Crippen LogP contribution in [0, 0.1) is 0 Å². The van der Waals surface area contributed by atoms with Crippen LogP contribution in [0.15, 0.2) is 57.4 Å². The lowest BCUT2D eigenvalue weighted by molar-refractivity contribution is 0.0953. The minimum absolute atomic E-state index is 0.222. The van der Waals surface area contributed by atoms with E-state index in [9.17, 15) is 4.79 Å². The van der Waals surface area contributed by atoms with E-state index in [1.807, 2.05) is 36.4 Å². The molecule has 0 aliphatic heterocycles. The summed E-state index contributed by atoms with van der Waals surface area (Å²) >= 11 is 8.74. The number of hydrogen-bond donors (Lipinski definition) is 2. The Labute approximate surface area is 172 Å². The Morgan fingerprint density at radius 1 is 1.22 bits per heavy atom. The summed E-state index contributed by atoms with van der Waals surface area (Å²) in [5, 5.41) is 6.94. The highest BCUT2D eigenvalue weighted by Crippen LogP contribution is 2.28. The van der Waals surface area contributed by atoms with E-state index >= 15 is 0 Å². The van der Waals surface area contributed by atoms with Crippen molar-refractivity contribution in [3.63, 3.8) is 0 Å². The van der Waals surface area contributed by atoms with Crippen LogP contribution in [0.4, 0.5) is 5.69 Å². The van der Waals surface area contributed by atoms with Crippen molar-refractivity contribution >= 4 is 55.8 Å². The average molecular weight is 445 g/mol. The van der Waals surface area contributed by atoms with Crippen LogP contribution in [0.2, 0.25) is 0 Å². The first-order valence-electron chi connectivity index (χ1n) is 8.88. The number of carbonyl (C=O) groups excluding carboxylic acids is 1. The Hall–Kier alpha value is -2.18. The summed E-state index contributed by atoms with van der Waals surface area (Å²) in [4.78, 5) is 12.5. The molecule has 1 heterocycles. The molecule has 0 bridgehead atoms. The second-order valence-electron chi connectivity index (χ2n) is 6.48. The van der Waals surface area contributed by atoms with Gasteiger partial charge < -0.3 is 9.73 Å². The first kappa shape index (κ1) is 19.6. The van der Waals surface area contributed by atoms with Crippen molar-refractivity contribution in [2.45, 2.75) is 32.6 Å². The molecule has 3 rings (SSSR count). The molecule has 0 radical (unpaired) electrons. The molecule has 27 heavy (non-hydrogen) atoms. The molecule has 0 aliphatic rings. The minimum Gasteiger partial charge on any atom is -0.451 e. The molecule has 1 atom stereocenters. The van der Waals surface area contributed by atoms with Crippen LogP contribution in [0.25, 0.3) is 11.0 Å². The maximum absolute atomic E-state index is 12.5. The molecular formula is C21H21BrN2O2S. The minimum atomic E-state index is -0.376. The molecule has 0 aliphatic carbocycles. The predicted octanol–water partition coefficient (Wildman–Crippen LogP) is 6.23. The van der Waals surface area contributed by atoms with E-state index in [1.165, 1.54) is 5.56 Å². The zero-order valence-electron chi connectivity index (χ0n) is 15.2. The molecule has 1 amide bonds. The Balaban J connectivity index is 1.71. The van der Waals surface area contributed by atoms with Gasteiger partial charge in [0, 0.05) is 15.5 Å². The highest BCUT2D eigenvalue weighted by molar-refractivity contribution is 9.10. The molecule has 2 N–H and O–H groups in total. The van der Waals surface area contributed by atoms with Crippen LogP contribution in [0.5, 0.6) is 0 Å². The number of anilines is 1. The quantitative estimate of drug-likeness (QED) is 0.458. The Morgan fingerprint density at radius 2 is 2.00 bits per heavy atom. The number of nitrogens with one attached hydrogen (secondary N) is 2. The van der Waals surface area contributed by atoms with Crippen LogP contribution in [0.1, 0.15) is 48.7 Å². The zero-order valence-corrected chi connectivity index (χ0v) is 17.6. The molecule has 1 unspecified atom stereocenters. The van der Waals surface area contributed by atoms with E-state index in [1.54, 1.807) is 6.07 Å². The maximum Gasteiger partial charge on any atom is 0.293 e. The Morgan fingerprint density at radius 3 is 2.78 bits per heavy atom. The third-order valence-corrected chi connectivity index (χ3v) is 5.09. The molecule has 0 spiro atoms. The predicted molar refractivity (Wildman–Crippen MR) is 117 cm³/mol. The molecule has 0 saturated heterocycles. The molecule has 3 aromatic rings. The maximum atomic E-state index is 12.5. The van der Waals surface area contributed by atoms with Gasteiger partial charge in [-0.1, -0.05) is 54.4 Å². The van der Waals surface area contributed by atoms with E-state index < -0.39 is 0 Å². The topological polar surface area (TPSA) is 54.3 Å². The normalized spacial score (nSPS) is 12.0. The first-order chi connectivity index (χ1) is 13.0. The second kappa shape index (κ2) is 8.67. The second-order valence-corrected chi connectivity index (χ2v) is 7.80. The SMILES string of the molecule is CCCC(C)c1ccccc1NC(=S)NC(=O)c1cc2cc(Br)ccc2o1. The number of amides is 1. The largest absolute Gasteiger partial charge is 0.451 e. The summed E-state index contributed by atoms with van der Waals surface area (Å²) in [5.74, 6) is 0.254. The van der Waals surface area contributed by atoms with E-state index in [0.29, 0.717) is 11.5 Å². The van der Waals surface area contributed by atoms with Gasteiger partial charge in [-0.3, -0.25) is 10.1 Å². The monoisotopic (exact) mass is 444 g/mol. The lowest BCUT2D eigenvalue weighted by Crippen LogP contribution is -2.34. The number of benzene rings is 2. The fourth-order valence-corrected chi connectivity index (χ4v) is 3.65. The number of carbonyl (C=O) groups is 1. The molecular weight excluding hydrogens is 424 g/mol. The van der Waals surface area contributed by atoms with Gasteiger partial charge in [0.15, 0.2) is 10.9 Å². The van der Waals surface area contributed by atoms with Gasteiger partial charge in [-0.15, -0.1) is 0 Å². The van der Waals surface area contributed by atoms with Crippen molar-refractivity contribution in [2.24, 2.45) is 0 Å². The summed E-state index contributed by atoms with van der Waals surface area (Å²) in [6.45, 7) is 4.36. The number of rotatable bonds is 5. The van der Waals surface area contributed by atoms with Crippen LogP contribution in [-0.2, 0) is 0 Å². The van der Waals surface area contributed by atoms with Crippen LogP contribution < -0.4 is 10.6 Å². The summed E-state index contributed by atoms with van der Waals surface area (Å²) < 4.78 is 6.54. The number of halogens is 1. The summed E-state index contributed by atoms with van der Waals surface area (Å²) in [6.07, 6.45) is 2.20. The summed E-state index contributed by atoms with van der Waals surface area (Å²) in [7, 11) is 0. The molecule has 6 heteroatoms. The van der Waals surface area contributed by atoms with Crippen molar-refractivity contribution in [3.8, 4) is 0 Å². The van der Waals surface area contributed by atoms with Crippen molar-refractivity contribution in [3.05, 3.63) is 64.3 Å². The highest BCUT2D eigenvalue weighted by atomic mass is 79.9. The van der Waals surface area contributed by atoms with Crippen LogP contribution in [-0.4, -0.2) is 11.0 Å². The number of furan rings is 1. The molecule has 1 aromatic heterocycles. The number of para-hydroxylation sites is 1. The third kappa shape index (κ3) is 4.76. The molecule has 0 saturated carbocycles. The van der Waals surface area contributed by atoms with Crippen LogP contribution in [0.3, 0.4) is 0 Å². The van der Waals surface area contributed by atoms with E-state index in [0.717, 1.165) is 28.4 Å². The summed E-state index contributed by atoms with van der Waals surface area (Å²) in [6, 6.07) is 15.3. The Bertz CT molecular complexity index is 983. The molecule has 4 nitrogen and oxygen atoms in total. The number of thiocarbonyl (C=S) groups is 1. The molecule has 0 fully saturated rings. The van der Waals surface area contributed by atoms with Crippen molar-refractivity contribution in [1.82, 2.24) is 5.32 Å². The van der Waals surface area contributed by atoms with E-state index in [-0.39, 0.29) is 16.8 Å². The van der Waals surface area contributed by atoms with Gasteiger partial charge in [-0.25, -0.2) is 0 Å². The van der Waals surface area contributed by atoms with Gasteiger partial charge in [-0.05, 0) is 60.5 Å². The van der Waals surface area contributed by atoms with Crippen molar-refractivity contribution in [1.29, 1.82) is 0 Å². The molecule has 140 valence electrons. The first-order valence-corrected chi connectivity index (χ1v) is 10.1. The standard InChI is InChI=1S/C21H21BrN2O2S/c1-3-6-13(2)16-7-4-5-8-17(16)23-21(27)24-20(25)19-12-14-11-15(22)9-10-18(14)26-19/h4-5,7-13H,3,6H2,1-2H3,(H2,23,24,25,27). The molecule has 2 aromatic carbocycles. The fourth-order valence-electron chi connectivity index (χ4n) is 3.07. The highest BCUT2D eigenvalue weighted by Gasteiger charge is 2.15. The van der Waals surface area contributed by atoms with E-state index in [2.05, 4.69) is 46.5 Å². The van der Waals surface area contributed by atoms with E-state index in [4.69, 9.17) is 16.6 Å². The average Bonchev–Trinajstić information content (AvgIpc) is 3.05. The van der Waals surface area contributed by atoms with Gasteiger partial charge in [0.2, 0.25) is 0 Å². The lowest BCUT2D eigenvalue weighted by Gasteiger charge is -2.17. The van der Waals surface area contributed by atoms with Crippen molar-refractivity contribution in [2.75, 3.05) is 5.32 Å². The smallest absolute Gasteiger partial charge is 0.293 e. The van der Waals surface area contributed by atoms with Gasteiger partial charge in [-0.2, -0.15) is 0 Å². The van der Waals surface area contributed by atoms with Crippen molar-refractivity contribution < 1.29 is 9.21 Å². The zero-order chi connectivity index (χ0) is 19.4. The number of fused-ring (bicyclic) bond motifs is 1.